The van der Waals surface area contributed by atoms with Crippen LogP contribution in [0.2, 0.25) is 0 Å². The van der Waals surface area contributed by atoms with Gasteiger partial charge in [-0.25, -0.2) is 34.7 Å². The van der Waals surface area contributed by atoms with Crippen molar-refractivity contribution in [2.45, 2.75) is 38.5 Å². The van der Waals surface area contributed by atoms with Crippen molar-refractivity contribution in [3.8, 4) is 11.4 Å². The SMILES string of the molecule is NS(=O)(=O)NCCC1CCN(c2cc(-c3cccc(C(=O)Nc4nccc(N5CCC(CCNS(N)(=O)=O)CC5)n4)n3)nc(NC(=O)c3ccncc3)n2)CC1. The number of rotatable bonds is 15. The summed E-state index contributed by atoms with van der Waals surface area (Å²) in [5.74, 6) is 1.00. The fraction of sp³-hybridized carbons (Fsp3) is 0.412. The van der Waals surface area contributed by atoms with Crippen LogP contribution in [0.3, 0.4) is 0 Å². The third-order valence-corrected chi connectivity index (χ3v) is 10.8. The molecule has 0 unspecified atom stereocenters. The Hall–Kier alpha value is -5.26. The Morgan fingerprint density at radius 2 is 1.23 bits per heavy atom. The lowest BCUT2D eigenvalue weighted by molar-refractivity contribution is 0.101. The number of amides is 2. The first kappa shape index (κ1) is 40.4. The average molecular weight is 809 g/mol. The zero-order valence-electron chi connectivity index (χ0n) is 30.4. The van der Waals surface area contributed by atoms with Crippen molar-refractivity contribution in [1.29, 1.82) is 0 Å². The minimum absolute atomic E-state index is 0.0462. The Morgan fingerprint density at radius 3 is 1.84 bits per heavy atom. The van der Waals surface area contributed by atoms with Crippen LogP contribution in [0.1, 0.15) is 59.4 Å². The summed E-state index contributed by atoms with van der Waals surface area (Å²) in [6.45, 7) is 3.20. The van der Waals surface area contributed by atoms with E-state index in [0.717, 1.165) is 25.7 Å². The van der Waals surface area contributed by atoms with Crippen LogP contribution in [-0.4, -0.2) is 97.8 Å². The van der Waals surface area contributed by atoms with E-state index >= 15 is 0 Å². The number of pyridine rings is 2. The zero-order valence-corrected chi connectivity index (χ0v) is 32.0. The second-order valence-electron chi connectivity index (χ2n) is 13.5. The molecule has 0 atom stereocenters. The Balaban J connectivity index is 1.14. The number of nitrogens with zero attached hydrogens (tertiary/aromatic N) is 8. The van der Waals surface area contributed by atoms with Crippen molar-refractivity contribution in [1.82, 2.24) is 39.3 Å². The first-order valence-corrected chi connectivity index (χ1v) is 21.1. The maximum Gasteiger partial charge on any atom is 0.276 e. The Morgan fingerprint density at radius 1 is 0.661 bits per heavy atom. The van der Waals surface area contributed by atoms with Gasteiger partial charge in [-0.1, -0.05) is 6.07 Å². The molecule has 0 saturated carbocycles. The standard InChI is InChI=1S/C34H44N14O6S2/c35-55(51,52)39-16-4-23-9-18-47(19-10-23)29-8-15-38-33(43-29)46-32(50)27-3-1-2-26(41-27)28-22-30(44-34(42-28)45-31(49)25-6-13-37-14-7-25)48-20-11-24(12-21-48)5-17-40-56(36,53)54/h1-3,6-8,13-15,22-24,39-40H,4-5,9-12,16-21H2,(H2,35,51,52)(H2,36,53,54)(H,38,43,46,50)(H,42,44,45,49). The molecular weight excluding hydrogens is 765 g/mol. The van der Waals surface area contributed by atoms with E-state index in [1.54, 1.807) is 48.7 Å². The van der Waals surface area contributed by atoms with E-state index in [9.17, 15) is 26.4 Å². The lowest BCUT2D eigenvalue weighted by atomic mass is 9.93. The van der Waals surface area contributed by atoms with Crippen LogP contribution in [0.4, 0.5) is 23.5 Å². The molecular formula is C34H44N14O6S2. The highest BCUT2D eigenvalue weighted by atomic mass is 32.2. The molecule has 0 radical (unpaired) electrons. The summed E-state index contributed by atoms with van der Waals surface area (Å²) in [5, 5.41) is 15.6. The number of piperidine rings is 2. The van der Waals surface area contributed by atoms with Crippen molar-refractivity contribution < 1.29 is 26.4 Å². The lowest BCUT2D eigenvalue weighted by Gasteiger charge is -2.33. The first-order chi connectivity index (χ1) is 26.8. The van der Waals surface area contributed by atoms with Crippen molar-refractivity contribution in [2.75, 3.05) is 59.7 Å². The van der Waals surface area contributed by atoms with Crippen LogP contribution in [0, 0.1) is 11.8 Å². The van der Waals surface area contributed by atoms with E-state index in [1.807, 2.05) is 0 Å². The number of carbonyl (C=O) groups is 2. The Bertz CT molecular complexity index is 2220. The highest BCUT2D eigenvalue weighted by Crippen LogP contribution is 2.28. The molecule has 56 heavy (non-hydrogen) atoms. The van der Waals surface area contributed by atoms with Gasteiger partial charge >= 0.3 is 0 Å². The van der Waals surface area contributed by atoms with Gasteiger partial charge in [-0.2, -0.15) is 26.8 Å². The molecule has 298 valence electrons. The van der Waals surface area contributed by atoms with Crippen molar-refractivity contribution in [3.05, 3.63) is 72.3 Å². The predicted octanol–water partition coefficient (Wildman–Crippen LogP) is 1.03. The number of hydrogen-bond donors (Lipinski definition) is 6. The van der Waals surface area contributed by atoms with E-state index < -0.39 is 32.2 Å². The van der Waals surface area contributed by atoms with Crippen molar-refractivity contribution in [2.24, 2.45) is 22.1 Å². The van der Waals surface area contributed by atoms with E-state index in [4.69, 9.17) is 10.3 Å². The summed E-state index contributed by atoms with van der Waals surface area (Å²) in [4.78, 5) is 57.3. The van der Waals surface area contributed by atoms with E-state index in [-0.39, 0.29) is 36.6 Å². The number of anilines is 4. The van der Waals surface area contributed by atoms with Crippen molar-refractivity contribution >= 4 is 55.8 Å². The van der Waals surface area contributed by atoms with E-state index in [0.29, 0.717) is 73.5 Å². The van der Waals surface area contributed by atoms with Crippen LogP contribution < -0.4 is 40.2 Å². The second kappa shape index (κ2) is 18.1. The molecule has 0 bridgehead atoms. The van der Waals surface area contributed by atoms with Crippen LogP contribution in [0.5, 0.6) is 0 Å². The molecule has 2 aliphatic rings. The number of hydrogen-bond acceptors (Lipinski definition) is 14. The molecule has 2 fully saturated rings. The molecule has 6 rings (SSSR count). The maximum atomic E-state index is 13.5. The van der Waals surface area contributed by atoms with Crippen LogP contribution in [0.25, 0.3) is 11.4 Å². The highest BCUT2D eigenvalue weighted by Gasteiger charge is 2.24. The molecule has 6 heterocycles. The number of nitrogens with one attached hydrogen (secondary N) is 4. The van der Waals surface area contributed by atoms with Crippen LogP contribution >= 0.6 is 0 Å². The molecule has 4 aromatic rings. The van der Waals surface area contributed by atoms with Gasteiger partial charge in [0, 0.05) is 69.5 Å². The monoisotopic (exact) mass is 808 g/mol. The Kier molecular flexibility index (Phi) is 13.1. The number of aromatic nitrogens is 6. The largest absolute Gasteiger partial charge is 0.356 e. The fourth-order valence-electron chi connectivity index (χ4n) is 6.63. The van der Waals surface area contributed by atoms with Gasteiger partial charge in [-0.3, -0.25) is 25.2 Å². The van der Waals surface area contributed by atoms with Crippen molar-refractivity contribution in [3.63, 3.8) is 0 Å². The summed E-state index contributed by atoms with van der Waals surface area (Å²) in [5.41, 5.74) is 1.19. The normalized spacial score (nSPS) is 15.8. The van der Waals surface area contributed by atoms with Crippen LogP contribution in [-0.2, 0) is 20.4 Å². The first-order valence-electron chi connectivity index (χ1n) is 18.0. The summed E-state index contributed by atoms with van der Waals surface area (Å²) < 4.78 is 49.6. The topological polar surface area (TPSA) is 286 Å². The molecule has 8 N–H and O–H groups in total. The minimum Gasteiger partial charge on any atom is -0.356 e. The molecule has 0 aromatic carbocycles. The number of nitrogens with two attached hydrogens (primary N) is 2. The summed E-state index contributed by atoms with van der Waals surface area (Å²) in [6.07, 6.45) is 9.15. The predicted molar refractivity (Wildman–Crippen MR) is 209 cm³/mol. The third-order valence-electron chi connectivity index (χ3n) is 9.58. The molecule has 22 heteroatoms. The zero-order chi connectivity index (χ0) is 39.7. The third kappa shape index (κ3) is 11.9. The Labute approximate surface area is 324 Å². The number of carbonyl (C=O) groups excluding carboxylic acids is 2. The van der Waals surface area contributed by atoms with Gasteiger partial charge in [0.1, 0.15) is 17.3 Å². The molecule has 2 amide bonds. The second-order valence-corrected chi connectivity index (χ2v) is 16.3. The highest BCUT2D eigenvalue weighted by molar-refractivity contribution is 7.87. The van der Waals surface area contributed by atoms with E-state index in [1.165, 1.54) is 12.4 Å². The summed E-state index contributed by atoms with van der Waals surface area (Å²) in [7, 11) is -7.47. The molecule has 2 aliphatic heterocycles. The molecule has 0 aliphatic carbocycles. The van der Waals surface area contributed by atoms with Gasteiger partial charge in [0.05, 0.1) is 11.4 Å². The lowest BCUT2D eigenvalue weighted by Crippen LogP contribution is -2.37. The molecule has 20 nitrogen and oxygen atoms in total. The van der Waals surface area contributed by atoms with Gasteiger partial charge in [0.25, 0.3) is 32.2 Å². The van der Waals surface area contributed by atoms with E-state index in [2.05, 4.69) is 59.8 Å². The molecule has 2 saturated heterocycles. The fourth-order valence-corrected chi connectivity index (χ4v) is 7.43. The smallest absolute Gasteiger partial charge is 0.276 e. The van der Waals surface area contributed by atoms with Gasteiger partial charge < -0.3 is 9.80 Å². The average Bonchev–Trinajstić information content (AvgIpc) is 3.18. The van der Waals surface area contributed by atoms with Gasteiger partial charge in [0.2, 0.25) is 11.9 Å². The quantitative estimate of drug-likeness (QED) is 0.0979. The molecule has 0 spiro atoms. The summed E-state index contributed by atoms with van der Waals surface area (Å²) >= 11 is 0. The maximum absolute atomic E-state index is 13.5. The van der Waals surface area contributed by atoms with Gasteiger partial charge in [-0.05, 0) is 80.7 Å². The van der Waals surface area contributed by atoms with Crippen LogP contribution in [0.15, 0.2) is 61.1 Å². The van der Waals surface area contributed by atoms with Gasteiger partial charge in [-0.15, -0.1) is 0 Å². The minimum atomic E-state index is -3.75. The van der Waals surface area contributed by atoms with Gasteiger partial charge in [0.15, 0.2) is 0 Å². The molecule has 4 aromatic heterocycles. The summed E-state index contributed by atoms with van der Waals surface area (Å²) in [6, 6.07) is 11.6.